The number of anilines is 1. The van der Waals surface area contributed by atoms with E-state index in [9.17, 15) is 4.79 Å². The summed E-state index contributed by atoms with van der Waals surface area (Å²) in [6, 6.07) is 13.6. The summed E-state index contributed by atoms with van der Waals surface area (Å²) >= 11 is 0. The average molecular weight is 334 g/mol. The topological polar surface area (TPSA) is 41.9 Å². The number of nitrogens with zero attached hydrogens (tertiary/aromatic N) is 2. The van der Waals surface area contributed by atoms with Crippen LogP contribution in [-0.2, 0) is 4.79 Å². The Morgan fingerprint density at radius 2 is 1.92 bits per heavy atom. The first-order chi connectivity index (χ1) is 11.9. The lowest BCUT2D eigenvalue weighted by Gasteiger charge is -2.43. The smallest absolute Gasteiger partial charge is 0.278 e. The number of ether oxygens (including phenoxy) is 1. The van der Waals surface area contributed by atoms with Gasteiger partial charge in [-0.3, -0.25) is 4.79 Å². The minimum atomic E-state index is -0.235. The molecule has 4 heteroatoms. The first-order valence-corrected chi connectivity index (χ1v) is 8.63. The molecule has 1 atom stereocenters. The van der Waals surface area contributed by atoms with Crippen LogP contribution < -0.4 is 9.64 Å². The third-order valence-corrected chi connectivity index (χ3v) is 5.17. The van der Waals surface area contributed by atoms with Gasteiger partial charge in [0.05, 0.1) is 18.5 Å². The molecule has 0 spiro atoms. The molecule has 0 aliphatic carbocycles. The number of aliphatic imine (C=N–C) groups is 1. The third-order valence-electron chi connectivity index (χ3n) is 5.17. The summed E-state index contributed by atoms with van der Waals surface area (Å²) in [5.74, 6) is 1.11. The maximum atomic E-state index is 13.3. The average Bonchev–Trinajstić information content (AvgIpc) is 2.86. The summed E-state index contributed by atoms with van der Waals surface area (Å²) < 4.78 is 5.49. The fourth-order valence-electron chi connectivity index (χ4n) is 4.14. The fraction of sp³-hybridized carbons (Fsp3) is 0.333. The molecule has 4 nitrogen and oxygen atoms in total. The summed E-state index contributed by atoms with van der Waals surface area (Å²) in [5, 5.41) is 0. The van der Waals surface area contributed by atoms with Crippen molar-refractivity contribution in [2.24, 2.45) is 4.99 Å². The Kier molecular flexibility index (Phi) is 3.46. The number of carbonyl (C=O) groups excluding carboxylic acids is 1. The van der Waals surface area contributed by atoms with E-state index in [4.69, 9.17) is 4.74 Å². The Balaban J connectivity index is 1.98. The first-order valence-electron chi connectivity index (χ1n) is 8.63. The van der Waals surface area contributed by atoms with Gasteiger partial charge in [-0.2, -0.15) is 0 Å². The molecule has 2 aromatic rings. The summed E-state index contributed by atoms with van der Waals surface area (Å²) in [6.45, 7) is 6.47. The van der Waals surface area contributed by atoms with Crippen LogP contribution >= 0.6 is 0 Å². The predicted octanol–water partition coefficient (Wildman–Crippen LogP) is 4.45. The molecular weight excluding hydrogens is 312 g/mol. The molecule has 1 amide bonds. The minimum absolute atomic E-state index is 0.0229. The molecule has 4 rings (SSSR count). The van der Waals surface area contributed by atoms with E-state index in [0.29, 0.717) is 11.6 Å². The van der Waals surface area contributed by atoms with E-state index in [1.165, 1.54) is 5.56 Å². The molecular formula is C21H22N2O2. The molecule has 0 aromatic heterocycles. The van der Waals surface area contributed by atoms with E-state index in [1.54, 1.807) is 7.11 Å². The molecule has 2 aromatic carbocycles. The number of hydrogen-bond acceptors (Lipinski definition) is 3. The number of carbonyl (C=O) groups is 1. The molecule has 2 heterocycles. The monoisotopic (exact) mass is 334 g/mol. The van der Waals surface area contributed by atoms with Crippen LogP contribution in [0.2, 0.25) is 0 Å². The van der Waals surface area contributed by atoms with E-state index in [2.05, 4.69) is 31.8 Å². The van der Waals surface area contributed by atoms with Gasteiger partial charge in [-0.05, 0) is 56.0 Å². The van der Waals surface area contributed by atoms with Crippen LogP contribution in [0.1, 0.15) is 44.2 Å². The zero-order chi connectivity index (χ0) is 17.8. The molecule has 2 aliphatic rings. The molecule has 0 radical (unpaired) electrons. The van der Waals surface area contributed by atoms with Gasteiger partial charge in [0, 0.05) is 11.1 Å². The maximum absolute atomic E-state index is 13.3. The molecule has 128 valence electrons. The third kappa shape index (κ3) is 2.36. The van der Waals surface area contributed by atoms with Gasteiger partial charge in [0.25, 0.3) is 5.91 Å². The normalized spacial score (nSPS) is 22.2. The fourth-order valence-corrected chi connectivity index (χ4v) is 4.14. The van der Waals surface area contributed by atoms with Crippen LogP contribution in [0.4, 0.5) is 11.4 Å². The highest BCUT2D eigenvalue weighted by atomic mass is 16.5. The van der Waals surface area contributed by atoms with Crippen LogP contribution in [0.25, 0.3) is 0 Å². The Labute approximate surface area is 148 Å². The van der Waals surface area contributed by atoms with Gasteiger partial charge in [-0.1, -0.05) is 25.1 Å². The Morgan fingerprint density at radius 3 is 2.60 bits per heavy atom. The Hall–Kier alpha value is -2.62. The van der Waals surface area contributed by atoms with Crippen molar-refractivity contribution >= 4 is 23.0 Å². The second kappa shape index (κ2) is 5.45. The second-order valence-electron chi connectivity index (χ2n) is 7.47. The van der Waals surface area contributed by atoms with Crippen LogP contribution in [0.15, 0.2) is 47.5 Å². The Morgan fingerprint density at radius 1 is 1.20 bits per heavy atom. The Bertz CT molecular complexity index is 884. The van der Waals surface area contributed by atoms with Crippen LogP contribution in [0.5, 0.6) is 5.75 Å². The van der Waals surface area contributed by atoms with Gasteiger partial charge >= 0.3 is 0 Å². The van der Waals surface area contributed by atoms with E-state index in [-0.39, 0.29) is 11.4 Å². The van der Waals surface area contributed by atoms with Crippen molar-refractivity contribution in [3.05, 3.63) is 53.6 Å². The van der Waals surface area contributed by atoms with E-state index >= 15 is 0 Å². The highest BCUT2D eigenvalue weighted by Gasteiger charge is 2.48. The standard InChI is InChI=1S/C21H22N2O2/c1-13-12-21(2,3)23-19-16(13)10-15(25-4)11-17(19)18(20(23)24)22-14-8-6-5-7-9-14/h5-11,13H,12H2,1-4H3/t13-/m0/s1. The highest BCUT2D eigenvalue weighted by molar-refractivity contribution is 6.55. The molecule has 0 saturated heterocycles. The van der Waals surface area contributed by atoms with Crippen molar-refractivity contribution in [2.45, 2.75) is 38.6 Å². The summed E-state index contributed by atoms with van der Waals surface area (Å²) in [6.07, 6.45) is 0.914. The largest absolute Gasteiger partial charge is 0.497 e. The molecule has 0 saturated carbocycles. The van der Waals surface area contributed by atoms with Crippen molar-refractivity contribution in [3.63, 3.8) is 0 Å². The lowest BCUT2D eigenvalue weighted by Crippen LogP contribution is -2.50. The number of methoxy groups -OCH3 is 1. The van der Waals surface area contributed by atoms with Crippen LogP contribution in [0.3, 0.4) is 0 Å². The van der Waals surface area contributed by atoms with Gasteiger partial charge in [0.1, 0.15) is 11.5 Å². The highest BCUT2D eigenvalue weighted by Crippen LogP contribution is 2.50. The number of rotatable bonds is 2. The van der Waals surface area contributed by atoms with E-state index in [0.717, 1.165) is 29.1 Å². The van der Waals surface area contributed by atoms with Crippen molar-refractivity contribution in [1.82, 2.24) is 0 Å². The van der Waals surface area contributed by atoms with E-state index in [1.807, 2.05) is 41.3 Å². The van der Waals surface area contributed by atoms with E-state index < -0.39 is 0 Å². The molecule has 0 bridgehead atoms. The van der Waals surface area contributed by atoms with Gasteiger partial charge in [0.15, 0.2) is 0 Å². The van der Waals surface area contributed by atoms with Gasteiger partial charge in [0.2, 0.25) is 0 Å². The van der Waals surface area contributed by atoms with Crippen LogP contribution in [0, 0.1) is 0 Å². The quantitative estimate of drug-likeness (QED) is 0.814. The van der Waals surface area contributed by atoms with Crippen LogP contribution in [-0.4, -0.2) is 24.3 Å². The number of hydrogen-bond donors (Lipinski definition) is 0. The molecule has 0 unspecified atom stereocenters. The predicted molar refractivity (Wildman–Crippen MR) is 100 cm³/mol. The number of amides is 1. The zero-order valence-electron chi connectivity index (χ0n) is 15.0. The summed E-state index contributed by atoms with van der Waals surface area (Å²) in [5.41, 5.74) is 4.10. The summed E-state index contributed by atoms with van der Waals surface area (Å²) in [7, 11) is 1.66. The molecule has 0 fully saturated rings. The van der Waals surface area contributed by atoms with Gasteiger partial charge in [-0.25, -0.2) is 4.99 Å². The first kappa shape index (κ1) is 15.9. The van der Waals surface area contributed by atoms with Crippen molar-refractivity contribution in [2.75, 3.05) is 12.0 Å². The summed E-state index contributed by atoms with van der Waals surface area (Å²) in [4.78, 5) is 19.9. The second-order valence-corrected chi connectivity index (χ2v) is 7.47. The van der Waals surface area contributed by atoms with Crippen molar-refractivity contribution in [1.29, 1.82) is 0 Å². The molecule has 2 aliphatic heterocycles. The van der Waals surface area contributed by atoms with Crippen molar-refractivity contribution in [3.8, 4) is 5.75 Å². The molecule has 25 heavy (non-hydrogen) atoms. The number of benzene rings is 2. The minimum Gasteiger partial charge on any atom is -0.497 e. The lowest BCUT2D eigenvalue weighted by atomic mass is 9.80. The van der Waals surface area contributed by atoms with Gasteiger partial charge in [-0.15, -0.1) is 0 Å². The lowest BCUT2D eigenvalue weighted by molar-refractivity contribution is -0.113. The zero-order valence-corrected chi connectivity index (χ0v) is 15.0. The number of para-hydroxylation sites is 1. The van der Waals surface area contributed by atoms with Gasteiger partial charge < -0.3 is 9.64 Å². The molecule has 0 N–H and O–H groups in total. The van der Waals surface area contributed by atoms with Crippen molar-refractivity contribution < 1.29 is 9.53 Å². The SMILES string of the molecule is COc1cc2c3c(c1)[C@@H](C)CC(C)(C)N3C(=O)C2=Nc1ccccc1. The maximum Gasteiger partial charge on any atom is 0.278 e.